The molecule has 8 heteroatoms. The Labute approximate surface area is 258 Å². The number of esters is 2. The number of hydrazone groups is 1. The molecule has 2 saturated carbocycles. The first-order valence-corrected chi connectivity index (χ1v) is 16.2. The van der Waals surface area contributed by atoms with E-state index in [1.165, 1.54) is 6.42 Å². The van der Waals surface area contributed by atoms with Gasteiger partial charge in [-0.25, -0.2) is 4.79 Å². The fourth-order valence-corrected chi connectivity index (χ4v) is 6.51. The van der Waals surface area contributed by atoms with Gasteiger partial charge < -0.3 is 9.47 Å². The molecule has 5 rings (SSSR count). The van der Waals surface area contributed by atoms with Crippen molar-refractivity contribution in [2.75, 3.05) is 10.9 Å². The number of rotatable bonds is 11. The Morgan fingerprint density at radius 2 is 1.58 bits per heavy atom. The molecule has 0 amide bonds. The number of ether oxygens (including phenoxy) is 2. The van der Waals surface area contributed by atoms with Gasteiger partial charge in [-0.05, 0) is 87.7 Å². The Kier molecular flexibility index (Phi) is 11.0. The van der Waals surface area contributed by atoms with Gasteiger partial charge in [-0.1, -0.05) is 56.0 Å². The van der Waals surface area contributed by atoms with Crippen molar-refractivity contribution in [3.05, 3.63) is 83.9 Å². The average molecular weight is 598 g/mol. The standard InChI is InChI=1S/C35H39N3O4S/c1-36-32-19-11-12-20-33(32)43-25-38(28-15-7-3-8-16-28)37-24-27-23-30(42-34(39)26-13-5-2-6-14-26)21-22-31(27)35(40)41-29-17-9-4-10-18-29/h3,7-8,11-12,15-16,19-24,26,29H,1-2,4-6,9-10,13-14,17-18,25H2/b37-24+. The van der Waals surface area contributed by atoms with Gasteiger partial charge in [0.25, 0.3) is 0 Å². The van der Waals surface area contributed by atoms with Gasteiger partial charge >= 0.3 is 11.9 Å². The Hall–Kier alpha value is -3.91. The molecule has 2 aliphatic rings. The van der Waals surface area contributed by atoms with Crippen LogP contribution in [0.2, 0.25) is 0 Å². The summed E-state index contributed by atoms with van der Waals surface area (Å²) in [6.45, 7) is 3.69. The maximum Gasteiger partial charge on any atom is 0.339 e. The van der Waals surface area contributed by atoms with Crippen molar-refractivity contribution in [2.24, 2.45) is 16.0 Å². The maximum absolute atomic E-state index is 13.4. The van der Waals surface area contributed by atoms with Crippen LogP contribution in [0, 0.1) is 5.92 Å². The van der Waals surface area contributed by atoms with Crippen molar-refractivity contribution in [3.8, 4) is 5.75 Å². The number of benzene rings is 3. The lowest BCUT2D eigenvalue weighted by molar-refractivity contribution is -0.139. The summed E-state index contributed by atoms with van der Waals surface area (Å²) in [5, 5.41) is 6.69. The molecule has 0 heterocycles. The van der Waals surface area contributed by atoms with Gasteiger partial charge in [-0.15, -0.1) is 11.8 Å². The van der Waals surface area contributed by atoms with Crippen LogP contribution >= 0.6 is 11.8 Å². The van der Waals surface area contributed by atoms with Gasteiger partial charge in [0.2, 0.25) is 0 Å². The monoisotopic (exact) mass is 597 g/mol. The number of carbonyl (C=O) groups is 2. The van der Waals surface area contributed by atoms with Crippen LogP contribution in [0.25, 0.3) is 0 Å². The maximum atomic E-state index is 13.4. The molecule has 3 aromatic carbocycles. The highest BCUT2D eigenvalue weighted by molar-refractivity contribution is 7.99. The van der Waals surface area contributed by atoms with E-state index in [0.29, 0.717) is 22.8 Å². The van der Waals surface area contributed by atoms with E-state index in [1.807, 2.05) is 59.6 Å². The molecule has 0 bridgehead atoms. The number of thioether (sulfide) groups is 1. The second kappa shape index (κ2) is 15.5. The van der Waals surface area contributed by atoms with E-state index in [2.05, 4.69) is 11.7 Å². The molecule has 0 N–H and O–H groups in total. The molecule has 43 heavy (non-hydrogen) atoms. The predicted octanol–water partition coefficient (Wildman–Crippen LogP) is 8.58. The van der Waals surface area contributed by atoms with Gasteiger partial charge in [0.15, 0.2) is 0 Å². The van der Waals surface area contributed by atoms with E-state index in [1.54, 1.807) is 36.2 Å². The molecule has 0 aromatic heterocycles. The topological polar surface area (TPSA) is 80.6 Å². The first-order chi connectivity index (χ1) is 21.1. The molecule has 0 aliphatic heterocycles. The molecule has 7 nitrogen and oxygen atoms in total. The summed E-state index contributed by atoms with van der Waals surface area (Å²) in [4.78, 5) is 31.4. The summed E-state index contributed by atoms with van der Waals surface area (Å²) >= 11 is 1.59. The Bertz CT molecular complexity index is 1420. The normalized spacial score (nSPS) is 16.1. The molecule has 2 aliphatic carbocycles. The Balaban J connectivity index is 1.41. The van der Waals surface area contributed by atoms with E-state index in [4.69, 9.17) is 14.6 Å². The molecule has 0 spiro atoms. The van der Waals surface area contributed by atoms with E-state index in [-0.39, 0.29) is 24.0 Å². The van der Waals surface area contributed by atoms with Crippen molar-refractivity contribution < 1.29 is 19.1 Å². The van der Waals surface area contributed by atoms with Crippen LogP contribution in [0.5, 0.6) is 5.75 Å². The van der Waals surface area contributed by atoms with Crippen LogP contribution in [0.15, 0.2) is 87.8 Å². The third-order valence-corrected chi connectivity index (χ3v) is 9.02. The number of aliphatic imine (C=N–C) groups is 1. The molecule has 0 atom stereocenters. The zero-order chi connectivity index (χ0) is 29.9. The van der Waals surface area contributed by atoms with Crippen LogP contribution in [0.1, 0.15) is 80.1 Å². The zero-order valence-electron chi connectivity index (χ0n) is 24.5. The molecular formula is C35H39N3O4S. The molecule has 0 unspecified atom stereocenters. The molecule has 224 valence electrons. The summed E-state index contributed by atoms with van der Waals surface area (Å²) in [5.74, 6) is 0.214. The summed E-state index contributed by atoms with van der Waals surface area (Å²) < 4.78 is 11.7. The first-order valence-electron chi connectivity index (χ1n) is 15.2. The van der Waals surface area contributed by atoms with Crippen LogP contribution in [0.4, 0.5) is 11.4 Å². The number of hydrogen-bond acceptors (Lipinski definition) is 8. The zero-order valence-corrected chi connectivity index (χ0v) is 25.3. The van der Waals surface area contributed by atoms with Crippen LogP contribution in [-0.4, -0.2) is 36.9 Å². The van der Waals surface area contributed by atoms with E-state index in [0.717, 1.165) is 74.1 Å². The van der Waals surface area contributed by atoms with Crippen molar-refractivity contribution in [2.45, 2.75) is 75.2 Å². The fraction of sp³-hybridized carbons (Fsp3) is 0.371. The van der Waals surface area contributed by atoms with Gasteiger partial charge in [-0.3, -0.25) is 14.8 Å². The van der Waals surface area contributed by atoms with Crippen molar-refractivity contribution in [3.63, 3.8) is 0 Å². The van der Waals surface area contributed by atoms with Gasteiger partial charge in [-0.2, -0.15) is 5.10 Å². The van der Waals surface area contributed by atoms with Gasteiger partial charge in [0, 0.05) is 10.5 Å². The van der Waals surface area contributed by atoms with Gasteiger partial charge in [0.05, 0.1) is 34.9 Å². The molecule has 3 aromatic rings. The highest BCUT2D eigenvalue weighted by atomic mass is 32.2. The van der Waals surface area contributed by atoms with Crippen LogP contribution in [-0.2, 0) is 9.53 Å². The summed E-state index contributed by atoms with van der Waals surface area (Å²) in [6, 6.07) is 22.8. The third kappa shape index (κ3) is 8.57. The lowest BCUT2D eigenvalue weighted by atomic mass is 9.89. The van der Waals surface area contributed by atoms with E-state index >= 15 is 0 Å². The largest absolute Gasteiger partial charge is 0.459 e. The number of carbonyl (C=O) groups excluding carboxylic acids is 2. The van der Waals surface area contributed by atoms with E-state index < -0.39 is 0 Å². The SMILES string of the molecule is C=Nc1ccccc1SCN(/N=C/c1cc(OC(=O)C2CCCCC2)ccc1C(=O)OC1CCCCC1)c1ccccc1. The number of anilines is 1. The third-order valence-electron chi connectivity index (χ3n) is 7.99. The summed E-state index contributed by atoms with van der Waals surface area (Å²) in [7, 11) is 0. The molecule has 2 fully saturated rings. The number of nitrogens with zero attached hydrogens (tertiary/aromatic N) is 3. The minimum atomic E-state index is -0.384. The van der Waals surface area contributed by atoms with Gasteiger partial charge in [0.1, 0.15) is 11.9 Å². The molecule has 0 radical (unpaired) electrons. The smallest absolute Gasteiger partial charge is 0.339 e. The lowest BCUT2D eigenvalue weighted by Crippen LogP contribution is -2.23. The van der Waals surface area contributed by atoms with Crippen molar-refractivity contribution in [1.82, 2.24) is 0 Å². The highest BCUT2D eigenvalue weighted by Crippen LogP contribution is 2.31. The highest BCUT2D eigenvalue weighted by Gasteiger charge is 2.25. The Morgan fingerprint density at radius 3 is 2.33 bits per heavy atom. The molecule has 0 saturated heterocycles. The number of hydrogen-bond donors (Lipinski definition) is 0. The summed E-state index contributed by atoms with van der Waals surface area (Å²) in [6.07, 6.45) is 11.6. The summed E-state index contributed by atoms with van der Waals surface area (Å²) in [5.41, 5.74) is 2.63. The lowest BCUT2D eigenvalue weighted by Gasteiger charge is -2.23. The second-order valence-electron chi connectivity index (χ2n) is 11.0. The first kappa shape index (κ1) is 30.5. The minimum Gasteiger partial charge on any atom is -0.459 e. The van der Waals surface area contributed by atoms with Crippen molar-refractivity contribution >= 4 is 48.0 Å². The quantitative estimate of drug-likeness (QED) is 0.0550. The van der Waals surface area contributed by atoms with E-state index in [9.17, 15) is 9.59 Å². The second-order valence-corrected chi connectivity index (χ2v) is 12.0. The predicted molar refractivity (Wildman–Crippen MR) is 174 cm³/mol. The fourth-order valence-electron chi connectivity index (χ4n) is 5.58. The average Bonchev–Trinajstić information content (AvgIpc) is 3.06. The van der Waals surface area contributed by atoms with Crippen LogP contribution < -0.4 is 9.75 Å². The van der Waals surface area contributed by atoms with Crippen molar-refractivity contribution in [1.29, 1.82) is 0 Å². The number of para-hydroxylation sites is 2. The molecular weight excluding hydrogens is 558 g/mol. The Morgan fingerprint density at radius 1 is 0.884 bits per heavy atom. The van der Waals surface area contributed by atoms with Crippen LogP contribution in [0.3, 0.4) is 0 Å². The minimum absolute atomic E-state index is 0.0781.